The van der Waals surface area contributed by atoms with E-state index in [4.69, 9.17) is 9.84 Å². The number of rotatable bonds is 6. The van der Waals surface area contributed by atoms with Gasteiger partial charge in [-0.3, -0.25) is 0 Å². The summed E-state index contributed by atoms with van der Waals surface area (Å²) in [6, 6.07) is 2.04. The summed E-state index contributed by atoms with van der Waals surface area (Å²) in [5.41, 5.74) is 0.123. The van der Waals surface area contributed by atoms with Crippen LogP contribution in [-0.2, 0) is 4.79 Å². The zero-order valence-corrected chi connectivity index (χ0v) is 10.7. The van der Waals surface area contributed by atoms with Crippen LogP contribution in [0.2, 0.25) is 0 Å². The second kappa shape index (κ2) is 6.84. The van der Waals surface area contributed by atoms with Crippen LogP contribution in [0.1, 0.15) is 5.56 Å². The Bertz CT molecular complexity index is 464. The Morgan fingerprint density at radius 3 is 2.42 bits per heavy atom. The molecule has 0 saturated heterocycles. The van der Waals surface area contributed by atoms with E-state index in [1.807, 2.05) is 19.0 Å². The molecule has 1 aromatic rings. The van der Waals surface area contributed by atoms with Gasteiger partial charge < -0.3 is 14.7 Å². The number of carbonyl (C=O) groups is 1. The summed E-state index contributed by atoms with van der Waals surface area (Å²) in [5, 5.41) is 8.43. The van der Waals surface area contributed by atoms with Crippen molar-refractivity contribution in [2.45, 2.75) is 0 Å². The maximum atomic E-state index is 13.6. The van der Waals surface area contributed by atoms with Gasteiger partial charge in [0.25, 0.3) is 0 Å². The molecule has 0 atom stereocenters. The van der Waals surface area contributed by atoms with Crippen LogP contribution >= 0.6 is 0 Å². The second-order valence-electron chi connectivity index (χ2n) is 4.14. The Balaban J connectivity index is 2.82. The highest BCUT2D eigenvalue weighted by Crippen LogP contribution is 2.23. The third-order valence-electron chi connectivity index (χ3n) is 2.22. The second-order valence-corrected chi connectivity index (χ2v) is 4.14. The van der Waals surface area contributed by atoms with Crippen molar-refractivity contribution in [1.29, 1.82) is 0 Å². The molecule has 0 spiro atoms. The Hall–Kier alpha value is -1.95. The summed E-state index contributed by atoms with van der Waals surface area (Å²) in [6.07, 6.45) is 1.92. The quantitative estimate of drug-likeness (QED) is 0.804. The molecule has 0 aliphatic rings. The number of aliphatic carboxylic acids is 1. The number of hydrogen-bond donors (Lipinski definition) is 1. The zero-order chi connectivity index (χ0) is 14.4. The average Bonchev–Trinajstić information content (AvgIpc) is 2.29. The molecule has 0 saturated carbocycles. The standard InChI is InChI=1S/C13H15F2NO3/c1-16(2)5-6-19-13-10(14)7-9(8-11(13)15)3-4-12(17)18/h3-4,7-8H,5-6H2,1-2H3,(H,17,18). The van der Waals surface area contributed by atoms with E-state index in [1.165, 1.54) is 0 Å². The number of nitrogens with zero attached hydrogens (tertiary/aromatic N) is 1. The zero-order valence-electron chi connectivity index (χ0n) is 10.7. The lowest BCUT2D eigenvalue weighted by Gasteiger charge is -2.12. The van der Waals surface area contributed by atoms with Crippen LogP contribution in [-0.4, -0.2) is 43.2 Å². The summed E-state index contributed by atoms with van der Waals surface area (Å²) >= 11 is 0. The van der Waals surface area contributed by atoms with Gasteiger partial charge in [-0.1, -0.05) is 0 Å². The molecular formula is C13H15F2NO3. The molecule has 0 aromatic heterocycles. The summed E-state index contributed by atoms with van der Waals surface area (Å²) < 4.78 is 32.2. The smallest absolute Gasteiger partial charge is 0.328 e. The number of carboxylic acid groups (broad SMARTS) is 1. The topological polar surface area (TPSA) is 49.8 Å². The first kappa shape index (κ1) is 15.1. The molecule has 19 heavy (non-hydrogen) atoms. The Morgan fingerprint density at radius 1 is 1.37 bits per heavy atom. The molecule has 0 aliphatic carbocycles. The van der Waals surface area contributed by atoms with Gasteiger partial charge >= 0.3 is 5.97 Å². The first-order valence-electron chi connectivity index (χ1n) is 5.57. The fourth-order valence-corrected chi connectivity index (χ4v) is 1.31. The van der Waals surface area contributed by atoms with Crippen LogP contribution in [0.3, 0.4) is 0 Å². The molecule has 0 unspecified atom stereocenters. The maximum absolute atomic E-state index is 13.6. The fraction of sp³-hybridized carbons (Fsp3) is 0.308. The van der Waals surface area contributed by atoms with E-state index < -0.39 is 23.4 Å². The van der Waals surface area contributed by atoms with Gasteiger partial charge in [-0.25, -0.2) is 13.6 Å². The van der Waals surface area contributed by atoms with Crippen molar-refractivity contribution in [3.8, 4) is 5.75 Å². The van der Waals surface area contributed by atoms with Crippen LogP contribution in [0.4, 0.5) is 8.78 Å². The lowest BCUT2D eigenvalue weighted by Crippen LogP contribution is -2.20. The molecule has 0 amide bonds. The number of benzene rings is 1. The monoisotopic (exact) mass is 271 g/mol. The molecule has 6 heteroatoms. The summed E-state index contributed by atoms with van der Waals surface area (Å²) in [4.78, 5) is 12.1. The minimum Gasteiger partial charge on any atom is -0.486 e. The molecule has 4 nitrogen and oxygen atoms in total. The minimum absolute atomic E-state index is 0.123. The molecule has 0 aliphatic heterocycles. The number of carboxylic acids is 1. The van der Waals surface area contributed by atoms with Crippen molar-refractivity contribution in [2.24, 2.45) is 0 Å². The molecule has 1 rings (SSSR count). The van der Waals surface area contributed by atoms with E-state index in [1.54, 1.807) is 0 Å². The van der Waals surface area contributed by atoms with Gasteiger partial charge in [-0.2, -0.15) is 0 Å². The highest BCUT2D eigenvalue weighted by molar-refractivity contribution is 5.85. The minimum atomic E-state index is -1.19. The number of ether oxygens (including phenoxy) is 1. The van der Waals surface area contributed by atoms with Crippen molar-refractivity contribution < 1.29 is 23.4 Å². The Labute approximate surface area is 109 Å². The SMILES string of the molecule is CN(C)CCOc1c(F)cc(C=CC(=O)O)cc1F. The van der Waals surface area contributed by atoms with Gasteiger partial charge in [0.15, 0.2) is 17.4 Å². The van der Waals surface area contributed by atoms with Crippen molar-refractivity contribution in [1.82, 2.24) is 4.90 Å². The molecule has 1 N–H and O–H groups in total. The average molecular weight is 271 g/mol. The van der Waals surface area contributed by atoms with E-state index in [2.05, 4.69) is 0 Å². The van der Waals surface area contributed by atoms with E-state index >= 15 is 0 Å². The third kappa shape index (κ3) is 5.05. The lowest BCUT2D eigenvalue weighted by atomic mass is 10.2. The molecule has 0 bridgehead atoms. The van der Waals surface area contributed by atoms with Crippen LogP contribution in [0.5, 0.6) is 5.75 Å². The fourth-order valence-electron chi connectivity index (χ4n) is 1.31. The first-order chi connectivity index (χ1) is 8.90. The van der Waals surface area contributed by atoms with Crippen molar-refractivity contribution >= 4 is 12.0 Å². The van der Waals surface area contributed by atoms with Crippen LogP contribution < -0.4 is 4.74 Å². The van der Waals surface area contributed by atoms with Gasteiger partial charge in [0.05, 0.1) is 0 Å². The van der Waals surface area contributed by atoms with E-state index in [0.717, 1.165) is 24.3 Å². The van der Waals surface area contributed by atoms with Gasteiger partial charge in [-0.15, -0.1) is 0 Å². The van der Waals surface area contributed by atoms with Crippen molar-refractivity contribution in [3.63, 3.8) is 0 Å². The van der Waals surface area contributed by atoms with E-state index in [9.17, 15) is 13.6 Å². The molecule has 104 valence electrons. The predicted molar refractivity (Wildman–Crippen MR) is 67.1 cm³/mol. The largest absolute Gasteiger partial charge is 0.486 e. The maximum Gasteiger partial charge on any atom is 0.328 e. The molecule has 0 fully saturated rings. The predicted octanol–water partition coefficient (Wildman–Crippen LogP) is 2.00. The van der Waals surface area contributed by atoms with E-state index in [-0.39, 0.29) is 12.2 Å². The summed E-state index contributed by atoms with van der Waals surface area (Å²) in [7, 11) is 3.63. The van der Waals surface area contributed by atoms with Crippen molar-refractivity contribution in [2.75, 3.05) is 27.2 Å². The normalized spacial score (nSPS) is 11.2. The van der Waals surface area contributed by atoms with Gasteiger partial charge in [0, 0.05) is 12.6 Å². The highest BCUT2D eigenvalue weighted by atomic mass is 19.1. The molecule has 1 aromatic carbocycles. The lowest BCUT2D eigenvalue weighted by molar-refractivity contribution is -0.131. The van der Waals surface area contributed by atoms with Crippen molar-refractivity contribution in [3.05, 3.63) is 35.4 Å². The van der Waals surface area contributed by atoms with Gasteiger partial charge in [0.1, 0.15) is 6.61 Å². The van der Waals surface area contributed by atoms with Crippen LogP contribution in [0.25, 0.3) is 6.08 Å². The Morgan fingerprint density at radius 2 is 1.95 bits per heavy atom. The highest BCUT2D eigenvalue weighted by Gasteiger charge is 2.12. The van der Waals surface area contributed by atoms with Crippen LogP contribution in [0, 0.1) is 11.6 Å². The molecule has 0 radical (unpaired) electrons. The number of likely N-dealkylation sites (N-methyl/N-ethyl adjacent to an activating group) is 1. The number of halogens is 2. The summed E-state index contributed by atoms with van der Waals surface area (Å²) in [6.45, 7) is 0.685. The van der Waals surface area contributed by atoms with Gasteiger partial charge in [0.2, 0.25) is 0 Å². The first-order valence-corrected chi connectivity index (χ1v) is 5.57. The Kier molecular flexibility index (Phi) is 5.44. The van der Waals surface area contributed by atoms with Gasteiger partial charge in [-0.05, 0) is 37.9 Å². The summed E-state index contributed by atoms with van der Waals surface area (Å²) in [5.74, 6) is -3.35. The number of hydrogen-bond acceptors (Lipinski definition) is 3. The molecule has 0 heterocycles. The van der Waals surface area contributed by atoms with Crippen LogP contribution in [0.15, 0.2) is 18.2 Å². The third-order valence-corrected chi connectivity index (χ3v) is 2.22. The molecular weight excluding hydrogens is 256 g/mol. The van der Waals surface area contributed by atoms with E-state index in [0.29, 0.717) is 6.54 Å².